The van der Waals surface area contributed by atoms with Gasteiger partial charge in [-0.1, -0.05) is 18.8 Å². The molecule has 1 aliphatic heterocycles. The lowest BCUT2D eigenvalue weighted by Gasteiger charge is -2.32. The predicted molar refractivity (Wildman–Crippen MR) is 102 cm³/mol. The third-order valence-corrected chi connectivity index (χ3v) is 6.32. The molecular weight excluding hydrogens is 350 g/mol. The van der Waals surface area contributed by atoms with Crippen LogP contribution >= 0.6 is 11.3 Å². The molecule has 0 radical (unpaired) electrons. The molecule has 2 fully saturated rings. The van der Waals surface area contributed by atoms with Gasteiger partial charge < -0.3 is 14.7 Å². The molecule has 1 aliphatic carbocycles. The lowest BCUT2D eigenvalue weighted by Crippen LogP contribution is -2.38. The molecule has 3 rings (SSSR count). The summed E-state index contributed by atoms with van der Waals surface area (Å²) in [6.45, 7) is 5.44. The fraction of sp³-hybridized carbons (Fsp3) is 0.600. The zero-order valence-electron chi connectivity index (χ0n) is 15.5. The fourth-order valence-corrected chi connectivity index (χ4v) is 4.32. The van der Waals surface area contributed by atoms with Gasteiger partial charge in [-0.15, -0.1) is 11.3 Å². The summed E-state index contributed by atoms with van der Waals surface area (Å²) in [6, 6.07) is 1.73. The predicted octanol–water partition coefficient (Wildman–Crippen LogP) is 3.62. The lowest BCUT2D eigenvalue weighted by atomic mass is 9.82. The number of anilines is 1. The average Bonchev–Trinajstić information content (AvgIpc) is 3.02. The van der Waals surface area contributed by atoms with E-state index < -0.39 is 5.97 Å². The maximum atomic E-state index is 12.8. The van der Waals surface area contributed by atoms with Crippen molar-refractivity contribution < 1.29 is 19.4 Å². The molecule has 2 aliphatic rings. The minimum absolute atomic E-state index is 0.0102. The highest BCUT2D eigenvalue weighted by Crippen LogP contribution is 2.34. The Labute approximate surface area is 158 Å². The van der Waals surface area contributed by atoms with Crippen molar-refractivity contribution in [1.29, 1.82) is 0 Å². The average molecular weight is 375 g/mol. The summed E-state index contributed by atoms with van der Waals surface area (Å²) in [5.74, 6) is 5.88. The maximum absolute atomic E-state index is 12.8. The smallest absolute Gasteiger partial charge is 0.348 e. The monoisotopic (exact) mass is 375 g/mol. The summed E-state index contributed by atoms with van der Waals surface area (Å²) in [6.07, 6.45) is 3.86. The number of amides is 1. The first-order valence-electron chi connectivity index (χ1n) is 9.05. The molecule has 1 aromatic heterocycles. The number of hydrogen-bond acceptors (Lipinski definition) is 4. The molecule has 26 heavy (non-hydrogen) atoms. The normalized spacial score (nSPS) is 24.1. The molecule has 140 valence electrons. The van der Waals surface area contributed by atoms with Crippen LogP contribution in [0.25, 0.3) is 0 Å². The summed E-state index contributed by atoms with van der Waals surface area (Å²) in [5.41, 5.74) is 0.291. The van der Waals surface area contributed by atoms with E-state index in [1.165, 1.54) is 4.90 Å². The van der Waals surface area contributed by atoms with Gasteiger partial charge in [-0.05, 0) is 44.6 Å². The molecule has 1 saturated carbocycles. The number of carbonyl (C=O) groups is 2. The van der Waals surface area contributed by atoms with Crippen molar-refractivity contribution >= 4 is 28.9 Å². The molecule has 1 saturated heterocycles. The van der Waals surface area contributed by atoms with Gasteiger partial charge in [0.1, 0.15) is 4.88 Å². The highest BCUT2D eigenvalue weighted by atomic mass is 32.1. The van der Waals surface area contributed by atoms with Crippen molar-refractivity contribution in [3.8, 4) is 11.8 Å². The van der Waals surface area contributed by atoms with Crippen LogP contribution in [0.15, 0.2) is 6.07 Å². The summed E-state index contributed by atoms with van der Waals surface area (Å²) in [7, 11) is 1.67. The number of carboxylic acids is 1. The Morgan fingerprint density at radius 1 is 1.31 bits per heavy atom. The molecule has 5 nitrogen and oxygen atoms in total. The third kappa shape index (κ3) is 3.94. The molecule has 2 heterocycles. The molecule has 0 aromatic carbocycles. The molecule has 6 heteroatoms. The quantitative estimate of drug-likeness (QED) is 0.820. The van der Waals surface area contributed by atoms with Crippen LogP contribution in [0.5, 0.6) is 0 Å². The number of rotatable bonds is 3. The number of carboxylic acid groups (broad SMARTS) is 1. The van der Waals surface area contributed by atoms with Crippen LogP contribution in [0, 0.1) is 29.1 Å². The minimum atomic E-state index is -1.02. The van der Waals surface area contributed by atoms with Gasteiger partial charge in [-0.25, -0.2) is 4.79 Å². The van der Waals surface area contributed by atoms with Gasteiger partial charge in [0.2, 0.25) is 5.91 Å². The molecular formula is C20H25NO4S. The molecule has 1 amide bonds. The van der Waals surface area contributed by atoms with Crippen LogP contribution in [-0.4, -0.2) is 37.2 Å². The zero-order chi connectivity index (χ0) is 18.9. The number of nitrogens with zero attached hydrogens (tertiary/aromatic N) is 1. The van der Waals surface area contributed by atoms with Gasteiger partial charge in [0.25, 0.3) is 0 Å². The third-order valence-electron chi connectivity index (χ3n) is 5.29. The Kier molecular flexibility index (Phi) is 5.40. The molecule has 0 bridgehead atoms. The van der Waals surface area contributed by atoms with Gasteiger partial charge in [0, 0.05) is 13.0 Å². The zero-order valence-corrected chi connectivity index (χ0v) is 16.3. The van der Waals surface area contributed by atoms with Crippen LogP contribution < -0.4 is 4.90 Å². The van der Waals surface area contributed by atoms with Gasteiger partial charge in [-0.2, -0.15) is 0 Å². The number of carbonyl (C=O) groups excluding carboxylic acids is 1. The molecule has 0 atom stereocenters. The molecule has 0 unspecified atom stereocenters. The van der Waals surface area contributed by atoms with Crippen LogP contribution in [0.3, 0.4) is 0 Å². The summed E-state index contributed by atoms with van der Waals surface area (Å²) in [4.78, 5) is 26.9. The lowest BCUT2D eigenvalue weighted by molar-refractivity contribution is -0.123. The highest BCUT2D eigenvalue weighted by Gasteiger charge is 2.32. The van der Waals surface area contributed by atoms with Crippen molar-refractivity contribution in [1.82, 2.24) is 0 Å². The van der Waals surface area contributed by atoms with E-state index in [1.807, 2.05) is 6.92 Å². The standard InChI is InChI=1S/C20H25NO4S/c1-13-4-6-14(7-5-13)18(22)21(3)16-10-15(26-17(16)19(23)24)8-9-20(2)11-25-12-20/h10,13-14H,4-7,11-12H2,1-3H3,(H,23,24). The number of hydrogen-bond donors (Lipinski definition) is 1. The number of thiophene rings is 1. The van der Waals surface area contributed by atoms with E-state index in [1.54, 1.807) is 13.1 Å². The topological polar surface area (TPSA) is 66.8 Å². The van der Waals surface area contributed by atoms with E-state index in [0.29, 0.717) is 29.7 Å². The molecule has 0 spiro atoms. The Hall–Kier alpha value is -1.84. The number of aromatic carboxylic acids is 1. The minimum Gasteiger partial charge on any atom is -0.477 e. The summed E-state index contributed by atoms with van der Waals surface area (Å²) in [5, 5.41) is 9.54. The Bertz CT molecular complexity index is 761. The second-order valence-electron chi connectivity index (χ2n) is 7.79. The molecule has 1 N–H and O–H groups in total. The van der Waals surface area contributed by atoms with Gasteiger partial charge >= 0.3 is 5.97 Å². The van der Waals surface area contributed by atoms with Crippen molar-refractivity contribution in [2.24, 2.45) is 17.3 Å². The van der Waals surface area contributed by atoms with Crippen LogP contribution in [-0.2, 0) is 9.53 Å². The first kappa shape index (κ1) is 18.9. The first-order chi connectivity index (χ1) is 12.3. The Morgan fingerprint density at radius 3 is 2.50 bits per heavy atom. The number of ether oxygens (including phenoxy) is 1. The summed E-state index contributed by atoms with van der Waals surface area (Å²) >= 11 is 1.13. The first-order valence-corrected chi connectivity index (χ1v) is 9.86. The Morgan fingerprint density at radius 2 is 1.96 bits per heavy atom. The van der Waals surface area contributed by atoms with E-state index in [0.717, 1.165) is 37.0 Å². The molecule has 1 aromatic rings. The van der Waals surface area contributed by atoms with Crippen LogP contribution in [0.1, 0.15) is 54.1 Å². The highest BCUT2D eigenvalue weighted by molar-refractivity contribution is 7.15. The Balaban J connectivity index is 1.81. The van der Waals surface area contributed by atoms with E-state index in [9.17, 15) is 14.7 Å². The summed E-state index contributed by atoms with van der Waals surface area (Å²) < 4.78 is 5.19. The van der Waals surface area contributed by atoms with Gasteiger partial charge in [-0.3, -0.25) is 4.79 Å². The van der Waals surface area contributed by atoms with Crippen molar-refractivity contribution in [2.45, 2.75) is 39.5 Å². The van der Waals surface area contributed by atoms with E-state index in [2.05, 4.69) is 18.8 Å². The SMILES string of the molecule is CC1CCC(C(=O)N(C)c2cc(C#CC3(C)COC3)sc2C(=O)O)CC1. The van der Waals surface area contributed by atoms with E-state index in [4.69, 9.17) is 4.74 Å². The second-order valence-corrected chi connectivity index (χ2v) is 8.84. The maximum Gasteiger partial charge on any atom is 0.348 e. The van der Waals surface area contributed by atoms with Gasteiger partial charge in [0.05, 0.1) is 29.2 Å². The van der Waals surface area contributed by atoms with E-state index >= 15 is 0 Å². The largest absolute Gasteiger partial charge is 0.477 e. The van der Waals surface area contributed by atoms with E-state index in [-0.39, 0.29) is 22.1 Å². The van der Waals surface area contributed by atoms with Gasteiger partial charge in [0.15, 0.2) is 0 Å². The van der Waals surface area contributed by atoms with Crippen molar-refractivity contribution in [3.05, 3.63) is 15.8 Å². The fourth-order valence-electron chi connectivity index (χ4n) is 3.44. The van der Waals surface area contributed by atoms with Crippen LogP contribution in [0.4, 0.5) is 5.69 Å². The second kappa shape index (κ2) is 7.42. The van der Waals surface area contributed by atoms with Crippen molar-refractivity contribution in [2.75, 3.05) is 25.2 Å². The van der Waals surface area contributed by atoms with Crippen LogP contribution in [0.2, 0.25) is 0 Å². The van der Waals surface area contributed by atoms with Crippen molar-refractivity contribution in [3.63, 3.8) is 0 Å².